The lowest BCUT2D eigenvalue weighted by Crippen LogP contribution is -1.86. The highest BCUT2D eigenvalue weighted by atomic mass is 15.2. The highest BCUT2D eigenvalue weighted by Gasteiger charge is 2.15. The Morgan fingerprint density at radius 2 is 1.74 bits per heavy atom. The zero-order chi connectivity index (χ0) is 18.8. The fraction of sp³-hybridized carbons (Fsp3) is 0.174. The Bertz CT molecular complexity index is 1120. The molecule has 27 heavy (non-hydrogen) atoms. The summed E-state index contributed by atoms with van der Waals surface area (Å²) in [6.45, 7) is 6.35. The first kappa shape index (κ1) is 17.2. The Morgan fingerprint density at radius 3 is 2.48 bits per heavy atom. The van der Waals surface area contributed by atoms with Crippen LogP contribution in [0.3, 0.4) is 0 Å². The molecule has 0 fully saturated rings. The predicted molar refractivity (Wildman–Crippen MR) is 110 cm³/mol. The van der Waals surface area contributed by atoms with Crippen molar-refractivity contribution in [1.29, 1.82) is 0 Å². The Labute approximate surface area is 159 Å². The molecule has 4 rings (SSSR count). The van der Waals surface area contributed by atoms with E-state index in [0.29, 0.717) is 0 Å². The molecular formula is C23H22N4. The third kappa shape index (κ3) is 3.38. The molecule has 4 heteroatoms. The minimum atomic E-state index is 0.747. The van der Waals surface area contributed by atoms with Crippen molar-refractivity contribution in [2.75, 3.05) is 0 Å². The van der Waals surface area contributed by atoms with Gasteiger partial charge in [0.15, 0.2) is 5.82 Å². The molecule has 0 aliphatic heterocycles. The smallest absolute Gasteiger partial charge is 0.187 e. The second-order valence-electron chi connectivity index (χ2n) is 6.75. The van der Waals surface area contributed by atoms with Crippen LogP contribution in [0.15, 0.2) is 77.1 Å². The summed E-state index contributed by atoms with van der Waals surface area (Å²) in [6, 6.07) is 20.5. The number of rotatable bonds is 4. The van der Waals surface area contributed by atoms with Gasteiger partial charge >= 0.3 is 0 Å². The molecule has 0 bridgehead atoms. The zero-order valence-electron chi connectivity index (χ0n) is 15.8. The molecule has 2 aromatic carbocycles. The molecule has 0 aliphatic rings. The molecule has 0 aliphatic carbocycles. The molecule has 0 spiro atoms. The third-order valence-corrected chi connectivity index (χ3v) is 4.75. The third-order valence-electron chi connectivity index (χ3n) is 4.75. The number of aryl methyl sites for hydroxylation is 3. The number of hydrogen-bond acceptors (Lipinski definition) is 3. The van der Waals surface area contributed by atoms with Gasteiger partial charge in [-0.1, -0.05) is 48.9 Å². The fourth-order valence-electron chi connectivity index (χ4n) is 3.24. The first-order valence-electron chi connectivity index (χ1n) is 9.21. The van der Waals surface area contributed by atoms with Gasteiger partial charge in [-0.25, -0.2) is 4.98 Å². The van der Waals surface area contributed by atoms with Gasteiger partial charge in [-0.2, -0.15) is 0 Å². The first-order chi connectivity index (χ1) is 13.2. The molecule has 2 heterocycles. The minimum absolute atomic E-state index is 0.747. The molecule has 0 amide bonds. The van der Waals surface area contributed by atoms with Crippen molar-refractivity contribution in [3.8, 4) is 11.3 Å². The Morgan fingerprint density at radius 1 is 0.926 bits per heavy atom. The minimum Gasteiger partial charge on any atom is -0.283 e. The average molecular weight is 354 g/mol. The number of benzene rings is 2. The molecule has 0 N–H and O–H groups in total. The molecule has 4 nitrogen and oxygen atoms in total. The second kappa shape index (κ2) is 7.16. The SMILES string of the molecule is CCc1ccc(N=Nc2c(-c3ccc(C)cc3C)nc3ccccn23)cc1. The van der Waals surface area contributed by atoms with Crippen molar-refractivity contribution in [1.82, 2.24) is 9.38 Å². The van der Waals surface area contributed by atoms with Gasteiger partial charge in [0.25, 0.3) is 0 Å². The Kier molecular flexibility index (Phi) is 4.55. The number of pyridine rings is 1. The summed E-state index contributed by atoms with van der Waals surface area (Å²) >= 11 is 0. The van der Waals surface area contributed by atoms with Crippen LogP contribution in [-0.2, 0) is 6.42 Å². The molecule has 0 atom stereocenters. The molecular weight excluding hydrogens is 332 g/mol. The van der Waals surface area contributed by atoms with Crippen LogP contribution in [0.25, 0.3) is 16.9 Å². The standard InChI is InChI=1S/C23H22N4/c1-4-18-9-11-19(12-10-18)25-26-23-22(20-13-8-16(2)15-17(20)3)24-21-7-5-6-14-27(21)23/h5-15H,4H2,1-3H3. The van der Waals surface area contributed by atoms with E-state index in [1.54, 1.807) is 0 Å². The van der Waals surface area contributed by atoms with E-state index >= 15 is 0 Å². The van der Waals surface area contributed by atoms with Gasteiger partial charge < -0.3 is 0 Å². The van der Waals surface area contributed by atoms with Crippen molar-refractivity contribution >= 4 is 17.2 Å². The van der Waals surface area contributed by atoms with E-state index in [9.17, 15) is 0 Å². The van der Waals surface area contributed by atoms with Gasteiger partial charge in [-0.15, -0.1) is 10.2 Å². The van der Waals surface area contributed by atoms with Crippen molar-refractivity contribution in [3.05, 3.63) is 83.6 Å². The van der Waals surface area contributed by atoms with Crippen LogP contribution >= 0.6 is 0 Å². The van der Waals surface area contributed by atoms with E-state index in [4.69, 9.17) is 4.98 Å². The van der Waals surface area contributed by atoms with E-state index < -0.39 is 0 Å². The molecule has 0 radical (unpaired) electrons. The number of nitrogens with zero attached hydrogens (tertiary/aromatic N) is 4. The molecule has 4 aromatic rings. The summed E-state index contributed by atoms with van der Waals surface area (Å²) in [4.78, 5) is 4.82. The normalized spacial score (nSPS) is 11.5. The number of fused-ring (bicyclic) bond motifs is 1. The van der Waals surface area contributed by atoms with E-state index in [-0.39, 0.29) is 0 Å². The maximum Gasteiger partial charge on any atom is 0.187 e. The lowest BCUT2D eigenvalue weighted by atomic mass is 10.0. The zero-order valence-corrected chi connectivity index (χ0v) is 15.8. The monoisotopic (exact) mass is 354 g/mol. The maximum absolute atomic E-state index is 4.82. The van der Waals surface area contributed by atoms with Crippen molar-refractivity contribution in [2.45, 2.75) is 27.2 Å². The van der Waals surface area contributed by atoms with Gasteiger partial charge in [-0.3, -0.25) is 4.40 Å². The summed E-state index contributed by atoms with van der Waals surface area (Å²) in [6.07, 6.45) is 2.99. The quantitative estimate of drug-likeness (QED) is 0.381. The summed E-state index contributed by atoms with van der Waals surface area (Å²) < 4.78 is 1.98. The van der Waals surface area contributed by atoms with E-state index in [1.807, 2.05) is 40.9 Å². The van der Waals surface area contributed by atoms with E-state index in [2.05, 4.69) is 61.3 Å². The molecule has 0 saturated carbocycles. The maximum atomic E-state index is 4.82. The van der Waals surface area contributed by atoms with E-state index in [0.717, 1.165) is 34.8 Å². The summed E-state index contributed by atoms with van der Waals surface area (Å²) in [5.74, 6) is 0.747. The van der Waals surface area contributed by atoms with Gasteiger partial charge in [0.05, 0.1) is 5.69 Å². The van der Waals surface area contributed by atoms with Crippen LogP contribution in [-0.4, -0.2) is 9.38 Å². The van der Waals surface area contributed by atoms with Gasteiger partial charge in [-0.05, 0) is 55.7 Å². The van der Waals surface area contributed by atoms with Crippen LogP contribution in [0.2, 0.25) is 0 Å². The number of azo groups is 1. The highest BCUT2D eigenvalue weighted by molar-refractivity contribution is 5.76. The van der Waals surface area contributed by atoms with E-state index in [1.165, 1.54) is 16.7 Å². The van der Waals surface area contributed by atoms with Crippen LogP contribution < -0.4 is 0 Å². The van der Waals surface area contributed by atoms with Crippen LogP contribution in [0.1, 0.15) is 23.6 Å². The van der Waals surface area contributed by atoms with Crippen LogP contribution in [0, 0.1) is 13.8 Å². The lowest BCUT2D eigenvalue weighted by Gasteiger charge is -2.05. The average Bonchev–Trinajstić information content (AvgIpc) is 3.05. The molecule has 0 unspecified atom stereocenters. The first-order valence-corrected chi connectivity index (χ1v) is 9.21. The molecule has 2 aromatic heterocycles. The van der Waals surface area contributed by atoms with Crippen molar-refractivity contribution in [3.63, 3.8) is 0 Å². The molecule has 134 valence electrons. The van der Waals surface area contributed by atoms with Crippen LogP contribution in [0.5, 0.6) is 0 Å². The van der Waals surface area contributed by atoms with Gasteiger partial charge in [0, 0.05) is 11.8 Å². The fourth-order valence-corrected chi connectivity index (χ4v) is 3.24. The van der Waals surface area contributed by atoms with Crippen molar-refractivity contribution < 1.29 is 0 Å². The van der Waals surface area contributed by atoms with Gasteiger partial charge in [0.2, 0.25) is 0 Å². The summed E-state index contributed by atoms with van der Waals surface area (Å²) in [7, 11) is 0. The topological polar surface area (TPSA) is 42.0 Å². The van der Waals surface area contributed by atoms with Gasteiger partial charge in [0.1, 0.15) is 11.3 Å². The largest absolute Gasteiger partial charge is 0.283 e. The Balaban J connectivity index is 1.84. The molecule has 0 saturated heterocycles. The highest BCUT2D eigenvalue weighted by Crippen LogP contribution is 2.34. The lowest BCUT2D eigenvalue weighted by molar-refractivity contribution is 1.10. The van der Waals surface area contributed by atoms with Crippen molar-refractivity contribution in [2.24, 2.45) is 10.2 Å². The predicted octanol–water partition coefficient (Wildman–Crippen LogP) is 6.60. The second-order valence-corrected chi connectivity index (χ2v) is 6.75. The Hall–Kier alpha value is -3.27. The number of hydrogen-bond donors (Lipinski definition) is 0. The number of aromatic nitrogens is 2. The summed E-state index contributed by atoms with van der Waals surface area (Å²) in [5.41, 5.74) is 7.35. The summed E-state index contributed by atoms with van der Waals surface area (Å²) in [5, 5.41) is 9.06. The van der Waals surface area contributed by atoms with Crippen LogP contribution in [0.4, 0.5) is 11.5 Å². The number of imidazole rings is 1.